The quantitative estimate of drug-likeness (QED) is 0.703. The van der Waals surface area contributed by atoms with Crippen molar-refractivity contribution >= 4 is 17.5 Å². The highest BCUT2D eigenvalue weighted by Gasteiger charge is 2.16. The number of nitrogens with one attached hydrogen (secondary N) is 1. The summed E-state index contributed by atoms with van der Waals surface area (Å²) < 4.78 is 11.2. The molecule has 1 aromatic heterocycles. The highest BCUT2D eigenvalue weighted by Crippen LogP contribution is 2.23. The molecule has 1 fully saturated rings. The van der Waals surface area contributed by atoms with Gasteiger partial charge in [-0.15, -0.1) is 0 Å². The molecule has 2 heterocycles. The first-order valence-corrected chi connectivity index (χ1v) is 9.46. The second-order valence-electron chi connectivity index (χ2n) is 6.32. The zero-order valence-electron chi connectivity index (χ0n) is 15.2. The van der Waals surface area contributed by atoms with Crippen molar-refractivity contribution in [3.63, 3.8) is 0 Å². The highest BCUT2D eigenvalue weighted by molar-refractivity contribution is 6.30. The predicted molar refractivity (Wildman–Crippen MR) is 104 cm³/mol. The lowest BCUT2D eigenvalue weighted by atomic mass is 10.2. The molecule has 1 amide bonds. The second kappa shape index (κ2) is 10.3. The van der Waals surface area contributed by atoms with Crippen LogP contribution in [0.1, 0.15) is 17.5 Å². The predicted octanol–water partition coefficient (Wildman–Crippen LogP) is 2.65. The minimum Gasteiger partial charge on any atom is -0.489 e. The van der Waals surface area contributed by atoms with Gasteiger partial charge >= 0.3 is 0 Å². The number of carbonyl (C=O) groups is 1. The van der Waals surface area contributed by atoms with Gasteiger partial charge in [0.05, 0.1) is 13.2 Å². The number of morpholine rings is 1. The molecule has 1 saturated heterocycles. The molecule has 0 saturated carbocycles. The van der Waals surface area contributed by atoms with Crippen LogP contribution in [0.25, 0.3) is 0 Å². The number of pyridine rings is 1. The largest absolute Gasteiger partial charge is 0.489 e. The van der Waals surface area contributed by atoms with E-state index in [4.69, 9.17) is 21.1 Å². The zero-order valence-corrected chi connectivity index (χ0v) is 16.0. The molecule has 0 bridgehead atoms. The topological polar surface area (TPSA) is 63.7 Å². The average Bonchev–Trinajstić information content (AvgIpc) is 2.72. The van der Waals surface area contributed by atoms with Crippen LogP contribution in [0.3, 0.4) is 0 Å². The molecule has 144 valence electrons. The normalized spacial score (nSPS) is 14.2. The van der Waals surface area contributed by atoms with Crippen LogP contribution in [0.4, 0.5) is 0 Å². The van der Waals surface area contributed by atoms with Crippen molar-refractivity contribution in [3.05, 3.63) is 58.9 Å². The molecule has 2 aromatic rings. The van der Waals surface area contributed by atoms with Gasteiger partial charge in [-0.2, -0.15) is 0 Å². The summed E-state index contributed by atoms with van der Waals surface area (Å²) in [5.41, 5.74) is 1.97. The van der Waals surface area contributed by atoms with Crippen LogP contribution in [0.5, 0.6) is 5.75 Å². The van der Waals surface area contributed by atoms with E-state index in [1.807, 2.05) is 35.2 Å². The standard InChI is InChI=1S/C20H24ClN3O3/c21-18-3-4-19(27-15-16-2-1-6-22-13-16)17(12-18)14-23-7-5-20(25)24-8-10-26-11-9-24/h1-4,6,12-13,23H,5,7-11,14-15H2. The Morgan fingerprint density at radius 3 is 2.93 bits per heavy atom. The third-order valence-electron chi connectivity index (χ3n) is 4.33. The van der Waals surface area contributed by atoms with Crippen LogP contribution in [0, 0.1) is 0 Å². The molecule has 1 N–H and O–H groups in total. The van der Waals surface area contributed by atoms with E-state index >= 15 is 0 Å². The summed E-state index contributed by atoms with van der Waals surface area (Å²) in [5, 5.41) is 3.97. The van der Waals surface area contributed by atoms with E-state index in [0.717, 1.165) is 16.9 Å². The number of nitrogens with zero attached hydrogens (tertiary/aromatic N) is 2. The van der Waals surface area contributed by atoms with Gasteiger partial charge in [0.15, 0.2) is 0 Å². The lowest BCUT2D eigenvalue weighted by Gasteiger charge is -2.26. The van der Waals surface area contributed by atoms with Crippen molar-refractivity contribution in [1.29, 1.82) is 0 Å². The van der Waals surface area contributed by atoms with E-state index < -0.39 is 0 Å². The van der Waals surface area contributed by atoms with Gasteiger partial charge in [-0.05, 0) is 24.3 Å². The Morgan fingerprint density at radius 1 is 1.30 bits per heavy atom. The van der Waals surface area contributed by atoms with E-state index in [2.05, 4.69) is 10.3 Å². The number of aromatic nitrogens is 1. The third-order valence-corrected chi connectivity index (χ3v) is 4.57. The highest BCUT2D eigenvalue weighted by atomic mass is 35.5. The molecule has 0 unspecified atom stereocenters. The Hall–Kier alpha value is -2.15. The Morgan fingerprint density at radius 2 is 2.15 bits per heavy atom. The molecule has 6 nitrogen and oxygen atoms in total. The Bertz CT molecular complexity index is 737. The fourth-order valence-electron chi connectivity index (χ4n) is 2.86. The van der Waals surface area contributed by atoms with Crippen LogP contribution in [-0.2, 0) is 22.7 Å². The van der Waals surface area contributed by atoms with Crippen molar-refractivity contribution in [3.8, 4) is 5.75 Å². The number of carbonyl (C=O) groups excluding carboxylic acids is 1. The molecule has 0 radical (unpaired) electrons. The Kier molecular flexibility index (Phi) is 7.45. The van der Waals surface area contributed by atoms with E-state index in [-0.39, 0.29) is 5.91 Å². The summed E-state index contributed by atoms with van der Waals surface area (Å²) in [6.45, 7) is 4.24. The van der Waals surface area contributed by atoms with Gasteiger partial charge in [-0.3, -0.25) is 9.78 Å². The van der Waals surface area contributed by atoms with E-state index in [1.165, 1.54) is 0 Å². The summed E-state index contributed by atoms with van der Waals surface area (Å²) in [4.78, 5) is 18.1. The maximum absolute atomic E-state index is 12.2. The number of hydrogen-bond donors (Lipinski definition) is 1. The van der Waals surface area contributed by atoms with Crippen LogP contribution in [0.2, 0.25) is 5.02 Å². The van der Waals surface area contributed by atoms with Crippen molar-refractivity contribution in [2.24, 2.45) is 0 Å². The number of rotatable bonds is 8. The number of benzene rings is 1. The van der Waals surface area contributed by atoms with E-state index in [0.29, 0.717) is 57.4 Å². The third kappa shape index (κ3) is 6.20. The van der Waals surface area contributed by atoms with Gasteiger partial charge in [0.25, 0.3) is 0 Å². The SMILES string of the molecule is O=C(CCNCc1cc(Cl)ccc1OCc1cccnc1)N1CCOCC1. The molecule has 0 atom stereocenters. The van der Waals surface area contributed by atoms with E-state index in [1.54, 1.807) is 12.4 Å². The Balaban J connectivity index is 1.48. The minimum absolute atomic E-state index is 0.157. The first-order valence-electron chi connectivity index (χ1n) is 9.09. The molecule has 0 spiro atoms. The van der Waals surface area contributed by atoms with Crippen LogP contribution in [-0.4, -0.2) is 48.6 Å². The minimum atomic E-state index is 0.157. The lowest BCUT2D eigenvalue weighted by molar-refractivity contribution is -0.135. The number of ether oxygens (including phenoxy) is 2. The van der Waals surface area contributed by atoms with Crippen LogP contribution in [0.15, 0.2) is 42.7 Å². The molecule has 27 heavy (non-hydrogen) atoms. The molecular weight excluding hydrogens is 366 g/mol. The lowest BCUT2D eigenvalue weighted by Crippen LogP contribution is -2.41. The maximum atomic E-state index is 12.2. The summed E-state index contributed by atoms with van der Waals surface area (Å²) >= 11 is 6.13. The molecule has 1 aliphatic heterocycles. The van der Waals surface area contributed by atoms with Gasteiger partial charge in [0.1, 0.15) is 12.4 Å². The summed E-state index contributed by atoms with van der Waals surface area (Å²) in [7, 11) is 0. The zero-order chi connectivity index (χ0) is 18.9. The molecule has 1 aromatic carbocycles. The van der Waals surface area contributed by atoms with Gasteiger partial charge in [0.2, 0.25) is 5.91 Å². The number of amides is 1. The smallest absolute Gasteiger partial charge is 0.224 e. The fraction of sp³-hybridized carbons (Fsp3) is 0.400. The Labute approximate surface area is 164 Å². The summed E-state index contributed by atoms with van der Waals surface area (Å²) in [5.74, 6) is 0.931. The average molecular weight is 390 g/mol. The number of hydrogen-bond acceptors (Lipinski definition) is 5. The molecule has 0 aliphatic carbocycles. The van der Waals surface area contributed by atoms with Crippen LogP contribution >= 0.6 is 11.6 Å². The van der Waals surface area contributed by atoms with Crippen molar-refractivity contribution in [1.82, 2.24) is 15.2 Å². The van der Waals surface area contributed by atoms with Crippen molar-refractivity contribution < 1.29 is 14.3 Å². The molecule has 3 rings (SSSR count). The maximum Gasteiger partial charge on any atom is 0.224 e. The molecular formula is C20H24ClN3O3. The van der Waals surface area contributed by atoms with Crippen molar-refractivity contribution in [2.45, 2.75) is 19.6 Å². The summed E-state index contributed by atoms with van der Waals surface area (Å²) in [6.07, 6.45) is 3.98. The number of halogens is 1. The summed E-state index contributed by atoms with van der Waals surface area (Å²) in [6, 6.07) is 9.42. The van der Waals surface area contributed by atoms with Gasteiger partial charge in [-0.25, -0.2) is 0 Å². The first kappa shape index (κ1) is 19.6. The molecule has 7 heteroatoms. The van der Waals surface area contributed by atoms with Gasteiger partial charge in [-0.1, -0.05) is 17.7 Å². The van der Waals surface area contributed by atoms with Crippen LogP contribution < -0.4 is 10.1 Å². The first-order chi connectivity index (χ1) is 13.2. The molecule has 1 aliphatic rings. The second-order valence-corrected chi connectivity index (χ2v) is 6.76. The fourth-order valence-corrected chi connectivity index (χ4v) is 3.06. The van der Waals surface area contributed by atoms with Gasteiger partial charge in [0, 0.05) is 61.1 Å². The van der Waals surface area contributed by atoms with E-state index in [9.17, 15) is 4.79 Å². The van der Waals surface area contributed by atoms with Gasteiger partial charge < -0.3 is 19.7 Å². The van der Waals surface area contributed by atoms with Crippen molar-refractivity contribution in [2.75, 3.05) is 32.8 Å². The monoisotopic (exact) mass is 389 g/mol.